The summed E-state index contributed by atoms with van der Waals surface area (Å²) >= 11 is 0. The number of ether oxygens (including phenoxy) is 2. The topological polar surface area (TPSA) is 126 Å². The monoisotopic (exact) mass is 358 g/mol. The summed E-state index contributed by atoms with van der Waals surface area (Å²) in [6.07, 6.45) is 6.77. The number of carbonyl (C=O) groups excluding carboxylic acids is 3. The van der Waals surface area contributed by atoms with E-state index in [1.165, 1.54) is 11.5 Å². The highest BCUT2D eigenvalue weighted by Crippen LogP contribution is 2.28. The van der Waals surface area contributed by atoms with Gasteiger partial charge >= 0.3 is 18.0 Å². The predicted molar refractivity (Wildman–Crippen MR) is 85.0 cm³/mol. The number of piperidine rings is 1. The second kappa shape index (κ2) is 9.00. The smallest absolute Gasteiger partial charge is 0.436 e. The van der Waals surface area contributed by atoms with E-state index in [1.807, 2.05) is 0 Å². The fourth-order valence-electron chi connectivity index (χ4n) is 3.52. The first kappa shape index (κ1) is 19.5. The highest BCUT2D eigenvalue weighted by atomic mass is 16.8. The Balaban J connectivity index is 0.00000225. The zero-order valence-corrected chi connectivity index (χ0v) is 14.2. The van der Waals surface area contributed by atoms with E-state index in [0.29, 0.717) is 25.4 Å². The SMILES string of the molecule is O.O=C(NCCC1CCN2OC(=O)C(=O)OC2C1)OC1CCCCC1. The van der Waals surface area contributed by atoms with E-state index in [4.69, 9.17) is 14.3 Å². The fraction of sp³-hybridized carbons (Fsp3) is 0.812. The van der Waals surface area contributed by atoms with Gasteiger partial charge in [-0.2, -0.15) is 0 Å². The van der Waals surface area contributed by atoms with Crippen molar-refractivity contribution in [3.63, 3.8) is 0 Å². The molecule has 2 aliphatic heterocycles. The van der Waals surface area contributed by atoms with E-state index in [-0.39, 0.29) is 17.7 Å². The van der Waals surface area contributed by atoms with Gasteiger partial charge in [0.15, 0.2) is 6.23 Å². The van der Waals surface area contributed by atoms with Gasteiger partial charge in [-0.3, -0.25) is 0 Å². The van der Waals surface area contributed by atoms with Gasteiger partial charge in [0.05, 0.1) is 0 Å². The van der Waals surface area contributed by atoms with E-state index in [0.717, 1.165) is 38.5 Å². The van der Waals surface area contributed by atoms with E-state index < -0.39 is 18.2 Å². The summed E-state index contributed by atoms with van der Waals surface area (Å²) in [5.41, 5.74) is 0. The quantitative estimate of drug-likeness (QED) is 0.578. The van der Waals surface area contributed by atoms with E-state index in [1.54, 1.807) is 0 Å². The largest absolute Gasteiger partial charge is 0.446 e. The van der Waals surface area contributed by atoms with Gasteiger partial charge in [0.1, 0.15) is 6.10 Å². The number of hydroxylamine groups is 2. The number of rotatable bonds is 4. The van der Waals surface area contributed by atoms with Gasteiger partial charge in [0.25, 0.3) is 0 Å². The Morgan fingerprint density at radius 3 is 2.68 bits per heavy atom. The third-order valence-corrected chi connectivity index (χ3v) is 4.87. The van der Waals surface area contributed by atoms with Crippen LogP contribution < -0.4 is 5.32 Å². The van der Waals surface area contributed by atoms with E-state index >= 15 is 0 Å². The number of hydrogen-bond acceptors (Lipinski definition) is 7. The van der Waals surface area contributed by atoms with Crippen LogP contribution in [0.1, 0.15) is 51.4 Å². The van der Waals surface area contributed by atoms with Crippen molar-refractivity contribution in [2.75, 3.05) is 13.1 Å². The van der Waals surface area contributed by atoms with E-state index in [2.05, 4.69) is 5.32 Å². The molecule has 1 saturated carbocycles. The van der Waals surface area contributed by atoms with Gasteiger partial charge in [-0.1, -0.05) is 11.5 Å². The zero-order chi connectivity index (χ0) is 16.9. The lowest BCUT2D eigenvalue weighted by Crippen LogP contribution is -2.52. The van der Waals surface area contributed by atoms with Crippen LogP contribution in [-0.4, -0.2) is 54.0 Å². The molecule has 9 heteroatoms. The number of amides is 1. The van der Waals surface area contributed by atoms with Crippen LogP contribution in [0.25, 0.3) is 0 Å². The molecular weight excluding hydrogens is 332 g/mol. The molecule has 142 valence electrons. The van der Waals surface area contributed by atoms with Crippen LogP contribution >= 0.6 is 0 Å². The highest BCUT2D eigenvalue weighted by molar-refractivity contribution is 6.29. The second-order valence-electron chi connectivity index (χ2n) is 6.65. The molecule has 2 unspecified atom stereocenters. The molecule has 2 heterocycles. The Morgan fingerprint density at radius 2 is 1.92 bits per heavy atom. The maximum absolute atomic E-state index is 11.8. The molecule has 0 spiro atoms. The average Bonchev–Trinajstić information content (AvgIpc) is 2.57. The molecule has 3 fully saturated rings. The van der Waals surface area contributed by atoms with Crippen molar-refractivity contribution in [3.8, 4) is 0 Å². The normalized spacial score (nSPS) is 27.4. The van der Waals surface area contributed by atoms with Crippen LogP contribution in [0, 0.1) is 5.92 Å². The maximum atomic E-state index is 11.8. The summed E-state index contributed by atoms with van der Waals surface area (Å²) in [5, 5.41) is 4.22. The van der Waals surface area contributed by atoms with Gasteiger partial charge in [-0.05, 0) is 44.4 Å². The van der Waals surface area contributed by atoms with Crippen LogP contribution in [0.15, 0.2) is 0 Å². The van der Waals surface area contributed by atoms with Crippen molar-refractivity contribution < 1.29 is 34.2 Å². The molecule has 2 saturated heterocycles. The maximum Gasteiger partial charge on any atom is 0.436 e. The average molecular weight is 358 g/mol. The highest BCUT2D eigenvalue weighted by Gasteiger charge is 2.40. The number of carbonyl (C=O) groups is 3. The second-order valence-corrected chi connectivity index (χ2v) is 6.65. The van der Waals surface area contributed by atoms with Crippen LogP contribution in [0.3, 0.4) is 0 Å². The molecule has 0 aromatic rings. The first-order valence-corrected chi connectivity index (χ1v) is 8.76. The number of esters is 1. The molecule has 3 aliphatic rings. The van der Waals surface area contributed by atoms with E-state index in [9.17, 15) is 14.4 Å². The molecule has 3 rings (SSSR count). The van der Waals surface area contributed by atoms with Gasteiger partial charge in [-0.25, -0.2) is 14.4 Å². The molecule has 25 heavy (non-hydrogen) atoms. The fourth-order valence-corrected chi connectivity index (χ4v) is 3.52. The summed E-state index contributed by atoms with van der Waals surface area (Å²) in [6.45, 7) is 1.05. The molecule has 0 bridgehead atoms. The summed E-state index contributed by atoms with van der Waals surface area (Å²) in [5.74, 6) is -1.60. The Labute approximate surface area is 146 Å². The molecule has 0 radical (unpaired) electrons. The Bertz CT molecular complexity index is 493. The minimum Gasteiger partial charge on any atom is -0.446 e. The molecule has 2 atom stereocenters. The summed E-state index contributed by atoms with van der Waals surface area (Å²) < 4.78 is 10.5. The molecular formula is C16H26N2O7. The third kappa shape index (κ3) is 5.30. The van der Waals surface area contributed by atoms with Crippen LogP contribution in [0.2, 0.25) is 0 Å². The number of nitrogens with one attached hydrogen (secondary N) is 1. The Kier molecular flexibility index (Phi) is 7.01. The predicted octanol–water partition coefficient (Wildman–Crippen LogP) is 0.664. The van der Waals surface area contributed by atoms with Crippen LogP contribution in [-0.2, 0) is 23.9 Å². The molecule has 3 N–H and O–H groups in total. The summed E-state index contributed by atoms with van der Waals surface area (Å²) in [7, 11) is 0. The minimum absolute atomic E-state index is 0. The first-order valence-electron chi connectivity index (χ1n) is 8.76. The van der Waals surface area contributed by atoms with Crippen molar-refractivity contribution in [1.29, 1.82) is 0 Å². The third-order valence-electron chi connectivity index (χ3n) is 4.87. The lowest BCUT2D eigenvalue weighted by Gasteiger charge is -2.39. The molecule has 9 nitrogen and oxygen atoms in total. The van der Waals surface area contributed by atoms with Crippen LogP contribution in [0.4, 0.5) is 4.79 Å². The van der Waals surface area contributed by atoms with Crippen molar-refractivity contribution in [1.82, 2.24) is 10.4 Å². The van der Waals surface area contributed by atoms with Crippen molar-refractivity contribution in [2.24, 2.45) is 5.92 Å². The lowest BCUT2D eigenvalue weighted by atomic mass is 9.93. The number of hydrogen-bond donors (Lipinski definition) is 1. The molecule has 1 amide bonds. The molecule has 0 aromatic heterocycles. The van der Waals surface area contributed by atoms with Crippen molar-refractivity contribution in [2.45, 2.75) is 63.7 Å². The van der Waals surface area contributed by atoms with Gasteiger partial charge in [0, 0.05) is 19.5 Å². The standard InChI is InChI=1S/C16H24N2O6.H2O/c19-14-15(20)24-18-9-7-11(10-13(18)23-14)6-8-17-16(21)22-12-4-2-1-3-5-12;/h11-13H,1-10H2,(H,17,21);1H2. The van der Waals surface area contributed by atoms with Gasteiger partial charge in [-0.15, -0.1) is 0 Å². The van der Waals surface area contributed by atoms with Crippen molar-refractivity contribution in [3.05, 3.63) is 0 Å². The Morgan fingerprint density at radius 1 is 1.16 bits per heavy atom. The van der Waals surface area contributed by atoms with Crippen molar-refractivity contribution >= 4 is 18.0 Å². The minimum atomic E-state index is -0.961. The zero-order valence-electron chi connectivity index (χ0n) is 14.2. The summed E-state index contributed by atoms with van der Waals surface area (Å²) in [6, 6.07) is 0. The van der Waals surface area contributed by atoms with Crippen LogP contribution in [0.5, 0.6) is 0 Å². The van der Waals surface area contributed by atoms with Gasteiger partial charge in [0.2, 0.25) is 0 Å². The Hall–Kier alpha value is -1.87. The lowest BCUT2D eigenvalue weighted by molar-refractivity contribution is -0.277. The van der Waals surface area contributed by atoms with Gasteiger partial charge < -0.3 is 25.1 Å². The summed E-state index contributed by atoms with van der Waals surface area (Å²) in [4.78, 5) is 39.1. The molecule has 1 aliphatic carbocycles. The number of nitrogens with zero attached hydrogens (tertiary/aromatic N) is 1. The first-order chi connectivity index (χ1) is 11.6. The molecule has 0 aromatic carbocycles. The number of fused-ring (bicyclic) bond motifs is 1. The number of alkyl carbamates (subject to hydrolysis) is 1.